The molecule has 0 aliphatic rings. The Kier molecular flexibility index (Phi) is 8.46. The van der Waals surface area contributed by atoms with Crippen molar-refractivity contribution >= 4 is 65.8 Å². The normalized spacial score (nSPS) is 12.8. The van der Waals surface area contributed by atoms with Crippen LogP contribution in [0, 0.1) is 0 Å². The molecule has 0 aliphatic carbocycles. The number of benzene rings is 7. The highest BCUT2D eigenvalue weighted by Crippen LogP contribution is 2.45. The molecule has 0 atom stereocenters. The maximum absolute atomic E-state index is 6.94. The molecule has 4 aromatic heterocycles. The summed E-state index contributed by atoms with van der Waals surface area (Å²) in [6.07, 6.45) is 0. The van der Waals surface area contributed by atoms with E-state index in [0.717, 1.165) is 88.2 Å². The molecule has 11 rings (SSSR count). The molecule has 0 N–H and O–H groups in total. The number of nitrogens with zero attached hydrogens (tertiary/aromatic N) is 3. The van der Waals surface area contributed by atoms with Crippen molar-refractivity contribution in [2.45, 2.75) is 78.6 Å². The third kappa shape index (κ3) is 6.59. The largest absolute Gasteiger partial charge is 0.456 e. The lowest BCUT2D eigenvalue weighted by atomic mass is 9.79. The fraction of sp³-hybridized carbons (Fsp3) is 0.211. The first kappa shape index (κ1) is 38.8. The molecule has 11 aromatic rings. The summed E-state index contributed by atoms with van der Waals surface area (Å²) >= 11 is 0. The highest BCUT2D eigenvalue weighted by molar-refractivity contribution is 6.10. The molecular weight excluding hydrogens is 775 g/mol. The Hall–Kier alpha value is -7.05. The molecule has 0 unspecified atom stereocenters. The lowest BCUT2D eigenvalue weighted by Crippen LogP contribution is -2.16. The van der Waals surface area contributed by atoms with Gasteiger partial charge in [0.25, 0.3) is 0 Å². The Morgan fingerprint density at radius 1 is 0.317 bits per heavy atom. The molecule has 4 heterocycles. The highest BCUT2D eigenvalue weighted by Gasteiger charge is 2.29. The Morgan fingerprint density at radius 3 is 1.25 bits per heavy atom. The molecular formula is C57H49N3O3. The minimum absolute atomic E-state index is 0.0206. The lowest BCUT2D eigenvalue weighted by molar-refractivity contribution is 0.550. The van der Waals surface area contributed by atoms with E-state index in [-0.39, 0.29) is 16.2 Å². The number of hydrogen-bond acceptors (Lipinski definition) is 6. The van der Waals surface area contributed by atoms with Crippen LogP contribution in [0.4, 0.5) is 0 Å². The van der Waals surface area contributed by atoms with Crippen molar-refractivity contribution in [2.75, 3.05) is 0 Å². The Bertz CT molecular complexity index is 3490. The van der Waals surface area contributed by atoms with Gasteiger partial charge in [0.2, 0.25) is 0 Å². The molecule has 7 aromatic carbocycles. The average molecular weight is 824 g/mol. The third-order valence-corrected chi connectivity index (χ3v) is 12.5. The number of hydrogen-bond donors (Lipinski definition) is 0. The van der Waals surface area contributed by atoms with Crippen LogP contribution in [0.15, 0.2) is 147 Å². The predicted octanol–water partition coefficient (Wildman–Crippen LogP) is 16.1. The van der Waals surface area contributed by atoms with E-state index in [1.54, 1.807) is 0 Å². The highest BCUT2D eigenvalue weighted by atomic mass is 16.3. The molecule has 0 saturated heterocycles. The first-order chi connectivity index (χ1) is 30.1. The number of furan rings is 3. The van der Waals surface area contributed by atoms with Gasteiger partial charge in [-0.25, -0.2) is 15.0 Å². The maximum atomic E-state index is 6.94. The van der Waals surface area contributed by atoms with Crippen molar-refractivity contribution in [2.24, 2.45) is 0 Å². The van der Waals surface area contributed by atoms with Crippen LogP contribution in [0.3, 0.4) is 0 Å². The van der Waals surface area contributed by atoms with Crippen LogP contribution < -0.4 is 0 Å². The SMILES string of the molecule is CC(C)(C)c1cc(C(C)(C)C)c2oc3c(C(C)(C)C)cc(-c4ccc(-c5nc(-c6ccc7c(c6)oc6ccccc67)nc(-c6ccc7c(c6)oc6ccccc67)n5)cc4)cc3c2c1. The van der Waals surface area contributed by atoms with Crippen molar-refractivity contribution in [3.63, 3.8) is 0 Å². The molecule has 0 bridgehead atoms. The molecule has 0 amide bonds. The summed E-state index contributed by atoms with van der Waals surface area (Å²) in [5.74, 6) is 1.69. The monoisotopic (exact) mass is 823 g/mol. The third-order valence-electron chi connectivity index (χ3n) is 12.5. The van der Waals surface area contributed by atoms with Gasteiger partial charge >= 0.3 is 0 Å². The smallest absolute Gasteiger partial charge is 0.164 e. The molecule has 0 spiro atoms. The Labute approximate surface area is 366 Å². The number of para-hydroxylation sites is 2. The van der Waals surface area contributed by atoms with Gasteiger partial charge in [0.05, 0.1) is 0 Å². The second-order valence-corrected chi connectivity index (χ2v) is 20.2. The van der Waals surface area contributed by atoms with E-state index >= 15 is 0 Å². The fourth-order valence-corrected chi connectivity index (χ4v) is 9.00. The lowest BCUT2D eigenvalue weighted by Gasteiger charge is -2.25. The predicted molar refractivity (Wildman–Crippen MR) is 260 cm³/mol. The molecule has 63 heavy (non-hydrogen) atoms. The zero-order chi connectivity index (χ0) is 43.6. The zero-order valence-corrected chi connectivity index (χ0v) is 37.3. The molecule has 0 fully saturated rings. The van der Waals surface area contributed by atoms with Gasteiger partial charge in [-0.05, 0) is 87.5 Å². The van der Waals surface area contributed by atoms with Gasteiger partial charge < -0.3 is 13.3 Å². The average Bonchev–Trinajstić information content (AvgIpc) is 3.95. The van der Waals surface area contributed by atoms with Crippen molar-refractivity contribution < 1.29 is 13.3 Å². The van der Waals surface area contributed by atoms with Crippen LogP contribution in [0.2, 0.25) is 0 Å². The molecule has 0 radical (unpaired) electrons. The number of aromatic nitrogens is 3. The zero-order valence-electron chi connectivity index (χ0n) is 37.3. The van der Waals surface area contributed by atoms with Crippen LogP contribution >= 0.6 is 0 Å². The summed E-state index contributed by atoms with van der Waals surface area (Å²) in [6.45, 7) is 20.5. The van der Waals surface area contributed by atoms with E-state index in [1.165, 1.54) is 22.1 Å². The van der Waals surface area contributed by atoms with Crippen molar-refractivity contribution in [1.82, 2.24) is 15.0 Å². The van der Waals surface area contributed by atoms with Gasteiger partial charge in [-0.1, -0.05) is 141 Å². The quantitative estimate of drug-likeness (QED) is 0.176. The Balaban J connectivity index is 1.06. The van der Waals surface area contributed by atoms with Gasteiger partial charge in [-0.15, -0.1) is 0 Å². The molecule has 6 nitrogen and oxygen atoms in total. The topological polar surface area (TPSA) is 78.1 Å². The molecule has 6 heteroatoms. The second kappa shape index (κ2) is 13.7. The molecule has 0 saturated carbocycles. The van der Waals surface area contributed by atoms with Crippen LogP contribution in [0.1, 0.15) is 79.0 Å². The van der Waals surface area contributed by atoms with E-state index in [9.17, 15) is 0 Å². The summed E-state index contributed by atoms with van der Waals surface area (Å²) in [5, 5.41) is 6.56. The number of rotatable bonds is 4. The fourth-order valence-electron chi connectivity index (χ4n) is 9.00. The van der Waals surface area contributed by atoms with E-state index in [4.69, 9.17) is 28.2 Å². The van der Waals surface area contributed by atoms with Gasteiger partial charge in [0.1, 0.15) is 33.5 Å². The van der Waals surface area contributed by atoms with E-state index in [2.05, 4.69) is 147 Å². The van der Waals surface area contributed by atoms with Crippen LogP contribution in [-0.2, 0) is 16.2 Å². The van der Waals surface area contributed by atoms with Gasteiger partial charge in [-0.2, -0.15) is 0 Å². The molecule has 310 valence electrons. The van der Waals surface area contributed by atoms with E-state index in [1.807, 2.05) is 48.5 Å². The minimum Gasteiger partial charge on any atom is -0.456 e. The van der Waals surface area contributed by atoms with E-state index < -0.39 is 0 Å². The van der Waals surface area contributed by atoms with Crippen LogP contribution in [0.25, 0.3) is 111 Å². The van der Waals surface area contributed by atoms with Crippen LogP contribution in [-0.4, -0.2) is 15.0 Å². The standard InChI is InChI=1S/C57H49N3O3/c1-55(2,3)37-30-43-42-26-36(27-44(56(4,5)6)50(42)63-51(43)45(31-37)57(7,8)9)32-18-20-33(21-19-32)52-58-53(34-22-24-40-38-14-10-12-16-46(38)61-48(40)28-34)60-54(59-52)35-23-25-41-39-15-11-13-17-47(39)62-49(41)29-35/h10-31H,1-9H3. The van der Waals surface area contributed by atoms with Gasteiger partial charge in [0, 0.05) is 60.1 Å². The van der Waals surface area contributed by atoms with Crippen LogP contribution in [0.5, 0.6) is 0 Å². The Morgan fingerprint density at radius 2 is 0.746 bits per heavy atom. The van der Waals surface area contributed by atoms with Gasteiger partial charge in [-0.3, -0.25) is 0 Å². The van der Waals surface area contributed by atoms with E-state index in [0.29, 0.717) is 17.5 Å². The number of fused-ring (bicyclic) bond motifs is 9. The van der Waals surface area contributed by atoms with Crippen molar-refractivity contribution in [1.29, 1.82) is 0 Å². The first-order valence-electron chi connectivity index (χ1n) is 21.8. The summed E-state index contributed by atoms with van der Waals surface area (Å²) in [6, 6.07) is 46.5. The minimum atomic E-state index is -0.161. The summed E-state index contributed by atoms with van der Waals surface area (Å²) in [4.78, 5) is 15.4. The summed E-state index contributed by atoms with van der Waals surface area (Å²) in [5.41, 5.74) is 13.4. The van der Waals surface area contributed by atoms with Crippen molar-refractivity contribution in [3.05, 3.63) is 150 Å². The second-order valence-electron chi connectivity index (χ2n) is 20.2. The first-order valence-corrected chi connectivity index (χ1v) is 21.8. The van der Waals surface area contributed by atoms with Gasteiger partial charge in [0.15, 0.2) is 17.5 Å². The molecule has 0 aliphatic heterocycles. The summed E-state index contributed by atoms with van der Waals surface area (Å²) < 4.78 is 19.5. The maximum Gasteiger partial charge on any atom is 0.164 e. The van der Waals surface area contributed by atoms with Crippen molar-refractivity contribution in [3.8, 4) is 45.3 Å². The summed E-state index contributed by atoms with van der Waals surface area (Å²) in [7, 11) is 0.